The predicted octanol–water partition coefficient (Wildman–Crippen LogP) is 0.777. The maximum absolute atomic E-state index is 5.26. The van der Waals surface area contributed by atoms with Crippen LogP contribution in [0, 0.1) is 0 Å². The van der Waals surface area contributed by atoms with Crippen LogP contribution in [0.3, 0.4) is 0 Å². The van der Waals surface area contributed by atoms with Gasteiger partial charge >= 0.3 is 0 Å². The summed E-state index contributed by atoms with van der Waals surface area (Å²) >= 11 is 6.01. The zero-order valence-electron chi connectivity index (χ0n) is 4.00. The van der Waals surface area contributed by atoms with Gasteiger partial charge in [0, 0.05) is 10.9 Å². The summed E-state index contributed by atoms with van der Waals surface area (Å²) < 4.78 is 3.82. The summed E-state index contributed by atoms with van der Waals surface area (Å²) in [5.41, 5.74) is 6.11. The van der Waals surface area contributed by atoms with Crippen LogP contribution in [0.2, 0.25) is 0 Å². The van der Waals surface area contributed by atoms with E-state index in [0.29, 0.717) is 4.99 Å². The van der Waals surface area contributed by atoms with Gasteiger partial charge in [-0.1, -0.05) is 12.2 Å². The molecule has 2 nitrogen and oxygen atoms in total. The molecule has 0 amide bonds. The van der Waals surface area contributed by atoms with E-state index in [2.05, 4.69) is 16.6 Å². The highest BCUT2D eigenvalue weighted by atomic mass is 32.1. The highest BCUT2D eigenvalue weighted by Crippen LogP contribution is 1.99. The molecule has 4 heteroatoms. The van der Waals surface area contributed by atoms with E-state index in [1.165, 1.54) is 11.5 Å². The summed E-state index contributed by atoms with van der Waals surface area (Å²) in [5, 5.41) is 1.82. The van der Waals surface area contributed by atoms with E-state index < -0.39 is 0 Å². The lowest BCUT2D eigenvalue weighted by Gasteiger charge is -1.83. The van der Waals surface area contributed by atoms with E-state index in [9.17, 15) is 0 Å². The molecule has 42 valence electrons. The molecule has 0 saturated carbocycles. The highest BCUT2D eigenvalue weighted by Gasteiger charge is 1.92. The molecule has 0 aliphatic rings. The molecule has 1 aromatic heterocycles. The van der Waals surface area contributed by atoms with Crippen molar-refractivity contribution in [3.63, 3.8) is 0 Å². The summed E-state index contributed by atoms with van der Waals surface area (Å²) in [6.45, 7) is 0. The fourth-order valence-electron chi connectivity index (χ4n) is 0.327. The molecule has 1 aromatic rings. The molecule has 2 N–H and O–H groups in total. The first-order valence-electron chi connectivity index (χ1n) is 2.00. The average molecular weight is 144 g/mol. The molecule has 1 rings (SSSR count). The zero-order valence-corrected chi connectivity index (χ0v) is 5.63. The molecule has 0 aliphatic carbocycles. The third-order valence-electron chi connectivity index (χ3n) is 0.717. The van der Waals surface area contributed by atoms with Crippen molar-refractivity contribution in [2.45, 2.75) is 0 Å². The van der Waals surface area contributed by atoms with Gasteiger partial charge in [0.15, 0.2) is 0 Å². The summed E-state index contributed by atoms with van der Waals surface area (Å²) in [5.74, 6) is 0. The van der Waals surface area contributed by atoms with Gasteiger partial charge in [-0.2, -0.15) is 0 Å². The van der Waals surface area contributed by atoms with Crippen LogP contribution in [0.25, 0.3) is 0 Å². The Kier molecular flexibility index (Phi) is 1.55. The second-order valence-electron chi connectivity index (χ2n) is 1.28. The molecule has 0 fully saturated rings. The van der Waals surface area contributed by atoms with E-state index in [4.69, 9.17) is 5.73 Å². The fraction of sp³-hybridized carbons (Fsp3) is 0. The van der Waals surface area contributed by atoms with Crippen LogP contribution in [0.1, 0.15) is 5.56 Å². The van der Waals surface area contributed by atoms with Crippen LogP contribution < -0.4 is 5.73 Å². The first-order chi connectivity index (χ1) is 3.80. The van der Waals surface area contributed by atoms with Crippen LogP contribution in [0.4, 0.5) is 0 Å². The van der Waals surface area contributed by atoms with Gasteiger partial charge in [0.2, 0.25) is 0 Å². The van der Waals surface area contributed by atoms with Gasteiger partial charge in [0.25, 0.3) is 0 Å². The van der Waals surface area contributed by atoms with Gasteiger partial charge in [0.1, 0.15) is 4.99 Å². The summed E-state index contributed by atoms with van der Waals surface area (Å²) in [6.07, 6.45) is 1.66. The van der Waals surface area contributed by atoms with E-state index in [0.717, 1.165) is 5.56 Å². The largest absolute Gasteiger partial charge is 0.389 e. The lowest BCUT2D eigenvalue weighted by atomic mass is 10.4. The molecule has 0 aliphatic heterocycles. The van der Waals surface area contributed by atoms with Crippen molar-refractivity contribution in [3.8, 4) is 0 Å². The van der Waals surface area contributed by atoms with Gasteiger partial charge in [0.05, 0.1) is 6.20 Å². The lowest BCUT2D eigenvalue weighted by Crippen LogP contribution is -2.07. The van der Waals surface area contributed by atoms with Crippen LogP contribution in [-0.4, -0.2) is 9.36 Å². The minimum atomic E-state index is 0.416. The topological polar surface area (TPSA) is 38.9 Å². The van der Waals surface area contributed by atoms with Crippen molar-refractivity contribution in [3.05, 3.63) is 17.1 Å². The molecule has 0 spiro atoms. The normalized spacial score (nSPS) is 9.00. The van der Waals surface area contributed by atoms with Crippen molar-refractivity contribution in [2.24, 2.45) is 5.73 Å². The van der Waals surface area contributed by atoms with Crippen molar-refractivity contribution < 1.29 is 0 Å². The monoisotopic (exact) mass is 144 g/mol. The van der Waals surface area contributed by atoms with Gasteiger partial charge in [-0.15, -0.1) is 0 Å². The summed E-state index contributed by atoms with van der Waals surface area (Å²) in [6, 6.07) is 0. The zero-order chi connectivity index (χ0) is 5.98. The molecule has 0 atom stereocenters. The number of nitrogens with zero attached hydrogens (tertiary/aromatic N) is 1. The third kappa shape index (κ3) is 1.02. The second-order valence-corrected chi connectivity index (χ2v) is 2.37. The summed E-state index contributed by atoms with van der Waals surface area (Å²) in [4.78, 5) is 0.416. The van der Waals surface area contributed by atoms with E-state index in [1.807, 2.05) is 5.38 Å². The van der Waals surface area contributed by atoms with Crippen LogP contribution >= 0.6 is 23.8 Å². The molecular weight excluding hydrogens is 140 g/mol. The summed E-state index contributed by atoms with van der Waals surface area (Å²) in [7, 11) is 0. The Labute approximate surface area is 56.5 Å². The molecule has 0 unspecified atom stereocenters. The second kappa shape index (κ2) is 2.19. The highest BCUT2D eigenvalue weighted by molar-refractivity contribution is 7.80. The van der Waals surface area contributed by atoms with Crippen molar-refractivity contribution in [2.75, 3.05) is 0 Å². The predicted molar refractivity (Wildman–Crippen MR) is 38.0 cm³/mol. The van der Waals surface area contributed by atoms with Crippen molar-refractivity contribution >= 4 is 28.7 Å². The van der Waals surface area contributed by atoms with Crippen LogP contribution in [0.5, 0.6) is 0 Å². The fourth-order valence-corrected chi connectivity index (χ4v) is 1.05. The van der Waals surface area contributed by atoms with Gasteiger partial charge < -0.3 is 5.73 Å². The Morgan fingerprint density at radius 1 is 1.88 bits per heavy atom. The Bertz CT molecular complexity index is 180. The lowest BCUT2D eigenvalue weighted by molar-refractivity contribution is 1.55. The number of nitrogens with two attached hydrogens (primary N) is 1. The number of hydrogen-bond acceptors (Lipinski definition) is 3. The SMILES string of the molecule is NC(=S)c1cnsc1. The molecular formula is C4H4N2S2. The van der Waals surface area contributed by atoms with Crippen LogP contribution in [-0.2, 0) is 0 Å². The number of thiocarbonyl (C=S) groups is 1. The van der Waals surface area contributed by atoms with Crippen molar-refractivity contribution in [1.29, 1.82) is 0 Å². The number of hydrogen-bond donors (Lipinski definition) is 1. The van der Waals surface area contributed by atoms with Gasteiger partial charge in [-0.25, -0.2) is 4.37 Å². The average Bonchev–Trinajstić information content (AvgIpc) is 2.12. The molecule has 0 bridgehead atoms. The van der Waals surface area contributed by atoms with E-state index in [1.54, 1.807) is 6.20 Å². The Morgan fingerprint density at radius 3 is 2.88 bits per heavy atom. The quantitative estimate of drug-likeness (QED) is 0.592. The molecule has 8 heavy (non-hydrogen) atoms. The Hall–Kier alpha value is -0.480. The Balaban J connectivity index is 2.93. The first kappa shape index (κ1) is 5.65. The minimum Gasteiger partial charge on any atom is -0.389 e. The van der Waals surface area contributed by atoms with E-state index in [-0.39, 0.29) is 0 Å². The maximum Gasteiger partial charge on any atom is 0.106 e. The van der Waals surface area contributed by atoms with Gasteiger partial charge in [-0.05, 0) is 11.5 Å². The van der Waals surface area contributed by atoms with Gasteiger partial charge in [-0.3, -0.25) is 0 Å². The molecule has 0 saturated heterocycles. The smallest absolute Gasteiger partial charge is 0.106 e. The minimum absolute atomic E-state index is 0.416. The standard InChI is InChI=1S/C4H4N2S2/c5-4(7)3-1-6-8-2-3/h1-2H,(H2,5,7). The molecule has 0 aromatic carbocycles. The third-order valence-corrected chi connectivity index (χ3v) is 1.54. The first-order valence-corrected chi connectivity index (χ1v) is 3.24. The maximum atomic E-state index is 5.26. The molecule has 1 heterocycles. The number of aromatic nitrogens is 1. The Morgan fingerprint density at radius 2 is 2.62 bits per heavy atom. The number of rotatable bonds is 1. The van der Waals surface area contributed by atoms with Crippen LogP contribution in [0.15, 0.2) is 11.6 Å². The molecule has 0 radical (unpaired) electrons. The van der Waals surface area contributed by atoms with E-state index >= 15 is 0 Å². The van der Waals surface area contributed by atoms with Crippen molar-refractivity contribution in [1.82, 2.24) is 4.37 Å².